The van der Waals surface area contributed by atoms with Crippen LogP contribution in [0.3, 0.4) is 0 Å². The predicted molar refractivity (Wildman–Crippen MR) is 83.9 cm³/mol. The van der Waals surface area contributed by atoms with E-state index in [0.717, 1.165) is 0 Å². The van der Waals surface area contributed by atoms with Crippen molar-refractivity contribution < 1.29 is 24.2 Å². The lowest BCUT2D eigenvalue weighted by atomic mass is 9.92. The number of amides is 1. The van der Waals surface area contributed by atoms with Crippen molar-refractivity contribution in [3.05, 3.63) is 23.8 Å². The van der Waals surface area contributed by atoms with Gasteiger partial charge in [0.05, 0.1) is 14.2 Å². The second-order valence-electron chi connectivity index (χ2n) is 5.06. The standard InChI is InChI=1S/C15H19NO5S/c1-20-11-7-10(8-12(9-11)21-2)13(17)16-15(14(18)19)3-5-22-6-4-15/h7-9H,3-6H2,1-2H3,(H,16,17)(H,18,19). The number of carboxylic acids is 1. The van der Waals surface area contributed by atoms with E-state index in [9.17, 15) is 14.7 Å². The Balaban J connectivity index is 2.25. The molecule has 1 heterocycles. The largest absolute Gasteiger partial charge is 0.497 e. The first-order chi connectivity index (χ1) is 10.5. The van der Waals surface area contributed by atoms with Gasteiger partial charge in [-0.25, -0.2) is 4.79 Å². The van der Waals surface area contributed by atoms with Gasteiger partial charge in [-0.1, -0.05) is 0 Å². The van der Waals surface area contributed by atoms with Crippen molar-refractivity contribution in [1.29, 1.82) is 0 Å². The quantitative estimate of drug-likeness (QED) is 0.858. The van der Waals surface area contributed by atoms with Gasteiger partial charge in [-0.05, 0) is 36.5 Å². The SMILES string of the molecule is COc1cc(OC)cc(C(=O)NC2(C(=O)O)CCSCC2)c1. The zero-order valence-corrected chi connectivity index (χ0v) is 13.4. The number of ether oxygens (including phenoxy) is 2. The van der Waals surface area contributed by atoms with Gasteiger partial charge in [0.2, 0.25) is 0 Å². The molecule has 6 nitrogen and oxygen atoms in total. The van der Waals surface area contributed by atoms with Gasteiger partial charge in [0.1, 0.15) is 17.0 Å². The zero-order chi connectivity index (χ0) is 16.2. The summed E-state index contributed by atoms with van der Waals surface area (Å²) in [7, 11) is 2.99. The van der Waals surface area contributed by atoms with E-state index in [0.29, 0.717) is 41.4 Å². The van der Waals surface area contributed by atoms with E-state index in [4.69, 9.17) is 9.47 Å². The Bertz CT molecular complexity index is 547. The second kappa shape index (κ2) is 6.91. The van der Waals surface area contributed by atoms with Crippen molar-refractivity contribution >= 4 is 23.6 Å². The Morgan fingerprint density at radius 1 is 1.14 bits per heavy atom. The molecule has 1 aliphatic rings. The molecule has 0 aliphatic carbocycles. The van der Waals surface area contributed by atoms with Crippen LogP contribution in [0.5, 0.6) is 11.5 Å². The molecule has 1 saturated heterocycles. The molecule has 0 bridgehead atoms. The van der Waals surface area contributed by atoms with Crippen molar-refractivity contribution in [3.63, 3.8) is 0 Å². The smallest absolute Gasteiger partial charge is 0.329 e. The van der Waals surface area contributed by atoms with Crippen LogP contribution in [-0.2, 0) is 4.79 Å². The van der Waals surface area contributed by atoms with E-state index >= 15 is 0 Å². The summed E-state index contributed by atoms with van der Waals surface area (Å²) in [6.07, 6.45) is 0.833. The molecule has 2 rings (SSSR count). The normalized spacial score (nSPS) is 16.6. The average Bonchev–Trinajstić information content (AvgIpc) is 2.54. The molecule has 1 aromatic carbocycles. The summed E-state index contributed by atoms with van der Waals surface area (Å²) in [5.74, 6) is 0.964. The maximum absolute atomic E-state index is 12.5. The third kappa shape index (κ3) is 3.47. The third-order valence-electron chi connectivity index (χ3n) is 3.72. The highest BCUT2D eigenvalue weighted by Crippen LogP contribution is 2.29. The van der Waals surface area contributed by atoms with Crippen LogP contribution in [0.1, 0.15) is 23.2 Å². The summed E-state index contributed by atoms with van der Waals surface area (Å²) < 4.78 is 10.3. The molecule has 22 heavy (non-hydrogen) atoms. The van der Waals surface area contributed by atoms with Crippen LogP contribution in [0.15, 0.2) is 18.2 Å². The van der Waals surface area contributed by atoms with Gasteiger partial charge in [0.25, 0.3) is 5.91 Å². The maximum Gasteiger partial charge on any atom is 0.329 e. The molecular weight excluding hydrogens is 306 g/mol. The molecule has 0 radical (unpaired) electrons. The Morgan fingerprint density at radius 2 is 1.68 bits per heavy atom. The lowest BCUT2D eigenvalue weighted by molar-refractivity contribution is -0.144. The summed E-state index contributed by atoms with van der Waals surface area (Å²) in [6.45, 7) is 0. The van der Waals surface area contributed by atoms with Gasteiger partial charge in [0.15, 0.2) is 0 Å². The van der Waals surface area contributed by atoms with Crippen LogP contribution >= 0.6 is 11.8 Å². The first kappa shape index (κ1) is 16.5. The molecule has 2 N–H and O–H groups in total. The molecule has 1 aromatic rings. The predicted octanol–water partition coefficient (Wildman–Crippen LogP) is 1.78. The Labute approximate surface area is 133 Å². The van der Waals surface area contributed by atoms with E-state index < -0.39 is 17.4 Å². The molecular formula is C15H19NO5S. The van der Waals surface area contributed by atoms with E-state index in [2.05, 4.69) is 5.32 Å². The number of hydrogen-bond acceptors (Lipinski definition) is 5. The molecule has 1 aliphatic heterocycles. The average molecular weight is 325 g/mol. The van der Waals surface area contributed by atoms with Crippen molar-refractivity contribution in [2.45, 2.75) is 18.4 Å². The molecule has 7 heteroatoms. The molecule has 0 aromatic heterocycles. The van der Waals surface area contributed by atoms with Crippen LogP contribution in [0.25, 0.3) is 0 Å². The zero-order valence-electron chi connectivity index (χ0n) is 12.5. The second-order valence-corrected chi connectivity index (χ2v) is 6.28. The summed E-state index contributed by atoms with van der Waals surface area (Å²) in [5, 5.41) is 12.2. The van der Waals surface area contributed by atoms with Gasteiger partial charge in [-0.3, -0.25) is 4.79 Å². The lowest BCUT2D eigenvalue weighted by Crippen LogP contribution is -2.56. The number of aliphatic carboxylic acids is 1. The van der Waals surface area contributed by atoms with E-state index in [1.165, 1.54) is 14.2 Å². The first-order valence-corrected chi connectivity index (χ1v) is 8.03. The molecule has 120 valence electrons. The number of carbonyl (C=O) groups excluding carboxylic acids is 1. The van der Waals surface area contributed by atoms with E-state index in [1.807, 2.05) is 0 Å². The van der Waals surface area contributed by atoms with Crippen molar-refractivity contribution in [1.82, 2.24) is 5.32 Å². The van der Waals surface area contributed by atoms with Crippen LogP contribution in [0.2, 0.25) is 0 Å². The monoisotopic (exact) mass is 325 g/mol. The fraction of sp³-hybridized carbons (Fsp3) is 0.467. The third-order valence-corrected chi connectivity index (χ3v) is 4.71. The number of methoxy groups -OCH3 is 2. The van der Waals surface area contributed by atoms with E-state index in [-0.39, 0.29) is 0 Å². The fourth-order valence-corrected chi connectivity index (χ4v) is 3.53. The van der Waals surface area contributed by atoms with Gasteiger partial charge in [-0.15, -0.1) is 0 Å². The number of rotatable bonds is 5. The minimum Gasteiger partial charge on any atom is -0.497 e. The van der Waals surface area contributed by atoms with Gasteiger partial charge in [0, 0.05) is 11.6 Å². The first-order valence-electron chi connectivity index (χ1n) is 6.87. The molecule has 0 unspecified atom stereocenters. The van der Waals surface area contributed by atoms with E-state index in [1.54, 1.807) is 30.0 Å². The lowest BCUT2D eigenvalue weighted by Gasteiger charge is -2.33. The highest BCUT2D eigenvalue weighted by Gasteiger charge is 2.41. The number of thioether (sulfide) groups is 1. The number of carbonyl (C=O) groups is 2. The molecule has 1 amide bonds. The minimum atomic E-state index is -1.20. The number of nitrogens with one attached hydrogen (secondary N) is 1. The highest BCUT2D eigenvalue weighted by atomic mass is 32.2. The minimum absolute atomic E-state index is 0.315. The number of carboxylic acid groups (broad SMARTS) is 1. The van der Waals surface area contributed by atoms with Gasteiger partial charge >= 0.3 is 5.97 Å². The molecule has 1 fully saturated rings. The van der Waals surface area contributed by atoms with Crippen LogP contribution in [0, 0.1) is 0 Å². The van der Waals surface area contributed by atoms with Crippen molar-refractivity contribution in [2.24, 2.45) is 0 Å². The Kier molecular flexibility index (Phi) is 5.18. The molecule has 0 atom stereocenters. The number of hydrogen-bond donors (Lipinski definition) is 2. The Morgan fingerprint density at radius 3 is 2.14 bits per heavy atom. The number of benzene rings is 1. The van der Waals surface area contributed by atoms with Crippen molar-refractivity contribution in [2.75, 3.05) is 25.7 Å². The summed E-state index contributed by atoms with van der Waals surface area (Å²) in [6, 6.07) is 4.77. The Hall–Kier alpha value is -1.89. The van der Waals surface area contributed by atoms with Gasteiger partial charge < -0.3 is 19.9 Å². The van der Waals surface area contributed by atoms with Crippen molar-refractivity contribution in [3.8, 4) is 11.5 Å². The summed E-state index contributed by atoms with van der Waals surface area (Å²) in [5.41, 5.74) is -0.881. The van der Waals surface area contributed by atoms with Crippen LogP contribution in [-0.4, -0.2) is 48.2 Å². The fourth-order valence-electron chi connectivity index (χ4n) is 2.34. The van der Waals surface area contributed by atoms with Crippen LogP contribution in [0.4, 0.5) is 0 Å². The van der Waals surface area contributed by atoms with Gasteiger partial charge in [-0.2, -0.15) is 11.8 Å². The topological polar surface area (TPSA) is 84.9 Å². The van der Waals surface area contributed by atoms with Crippen LogP contribution < -0.4 is 14.8 Å². The molecule has 0 saturated carbocycles. The summed E-state index contributed by atoms with van der Waals surface area (Å²) >= 11 is 1.70. The molecule has 0 spiro atoms. The highest BCUT2D eigenvalue weighted by molar-refractivity contribution is 7.99. The summed E-state index contributed by atoms with van der Waals surface area (Å²) in [4.78, 5) is 24.1. The maximum atomic E-state index is 12.5.